The first kappa shape index (κ1) is 20.0. The number of pyridine rings is 1. The molecule has 2 aromatic rings. The quantitative estimate of drug-likeness (QED) is 0.723. The highest BCUT2D eigenvalue weighted by Crippen LogP contribution is 2.23. The van der Waals surface area contributed by atoms with Crippen LogP contribution in [0.2, 0.25) is 0 Å². The second-order valence-corrected chi connectivity index (χ2v) is 6.22. The van der Waals surface area contributed by atoms with E-state index in [1.54, 1.807) is 0 Å². The summed E-state index contributed by atoms with van der Waals surface area (Å²) in [6, 6.07) is 5.29. The van der Waals surface area contributed by atoms with Gasteiger partial charge < -0.3 is 19.8 Å². The maximum absolute atomic E-state index is 13.1. The summed E-state index contributed by atoms with van der Waals surface area (Å²) in [6.45, 7) is -0.760. The zero-order chi connectivity index (χ0) is 21.3. The van der Waals surface area contributed by atoms with Gasteiger partial charge in [-0.15, -0.1) is 0 Å². The maximum Gasteiger partial charge on any atom is 0.341 e. The highest BCUT2D eigenvalue weighted by molar-refractivity contribution is 6.00. The van der Waals surface area contributed by atoms with Crippen molar-refractivity contribution >= 4 is 17.8 Å². The van der Waals surface area contributed by atoms with Crippen molar-refractivity contribution in [1.82, 2.24) is 9.58 Å². The van der Waals surface area contributed by atoms with Gasteiger partial charge in [-0.2, -0.15) is 0 Å². The Morgan fingerprint density at radius 2 is 1.86 bits per heavy atom. The monoisotopic (exact) mass is 405 g/mol. The van der Waals surface area contributed by atoms with E-state index in [0.717, 1.165) is 20.8 Å². The third-order valence-electron chi connectivity index (χ3n) is 4.29. The lowest BCUT2D eigenvalue weighted by Crippen LogP contribution is -2.57. The molecule has 3 rings (SSSR count). The van der Waals surface area contributed by atoms with Gasteiger partial charge >= 0.3 is 5.97 Å². The van der Waals surface area contributed by atoms with Crippen LogP contribution >= 0.6 is 0 Å². The average molecular weight is 405 g/mol. The van der Waals surface area contributed by atoms with Crippen molar-refractivity contribution in [1.29, 1.82) is 0 Å². The number of benzene rings is 1. The fraction of sp³-hybridized carbons (Fsp3) is 0.222. The summed E-state index contributed by atoms with van der Waals surface area (Å²) >= 11 is 0. The summed E-state index contributed by atoms with van der Waals surface area (Å²) in [4.78, 5) is 50.0. The molecule has 0 aliphatic carbocycles. The number of carboxylic acid groups (broad SMARTS) is 1. The van der Waals surface area contributed by atoms with E-state index < -0.39 is 52.6 Å². The Morgan fingerprint density at radius 1 is 1.21 bits per heavy atom. The van der Waals surface area contributed by atoms with Crippen LogP contribution in [0.15, 0.2) is 35.3 Å². The first-order valence-electron chi connectivity index (χ1n) is 8.29. The summed E-state index contributed by atoms with van der Waals surface area (Å²) in [5, 5.41) is 20.4. The number of methoxy groups -OCH3 is 1. The molecule has 1 aromatic heterocycles. The van der Waals surface area contributed by atoms with Gasteiger partial charge in [0.2, 0.25) is 5.43 Å². The summed E-state index contributed by atoms with van der Waals surface area (Å²) in [5.74, 6) is -4.63. The number of carbonyl (C=O) groups excluding carboxylic acids is 2. The molecule has 11 heteroatoms. The van der Waals surface area contributed by atoms with Gasteiger partial charge in [-0.3, -0.25) is 14.4 Å². The van der Waals surface area contributed by atoms with Gasteiger partial charge in [0.05, 0.1) is 0 Å². The Balaban J connectivity index is 2.11. The highest BCUT2D eigenvalue weighted by atomic mass is 19.1. The molecule has 1 aromatic carbocycles. The fourth-order valence-electron chi connectivity index (χ4n) is 2.90. The van der Waals surface area contributed by atoms with E-state index >= 15 is 0 Å². The van der Waals surface area contributed by atoms with Crippen LogP contribution in [-0.2, 0) is 16.1 Å². The normalized spacial score (nSPS) is 13.4. The number of fused-ring (bicyclic) bond motifs is 1. The number of nitrogens with zero attached hydrogens (tertiary/aromatic N) is 3. The topological polar surface area (TPSA) is 129 Å². The molecule has 2 amide bonds. The van der Waals surface area contributed by atoms with Gasteiger partial charge in [0.25, 0.3) is 11.8 Å². The summed E-state index contributed by atoms with van der Waals surface area (Å²) in [7, 11) is 1.27. The second-order valence-electron chi connectivity index (χ2n) is 6.22. The molecule has 0 saturated heterocycles. The Kier molecular flexibility index (Phi) is 5.33. The SMILES string of the molecule is COCC(=O)N1CN(Cc2ccc(F)cc2)C(=O)c2c(O)c(=O)c(C(=O)O)cn21. The third kappa shape index (κ3) is 3.67. The van der Waals surface area contributed by atoms with Crippen LogP contribution in [0.5, 0.6) is 5.75 Å². The maximum atomic E-state index is 13.1. The first-order valence-corrected chi connectivity index (χ1v) is 8.29. The summed E-state index contributed by atoms with van der Waals surface area (Å²) in [5.41, 5.74) is -2.07. The van der Waals surface area contributed by atoms with Crippen molar-refractivity contribution in [2.75, 3.05) is 25.4 Å². The van der Waals surface area contributed by atoms with Crippen molar-refractivity contribution in [3.63, 3.8) is 0 Å². The predicted octanol–water partition coefficient (Wildman–Crippen LogP) is 0.116. The minimum absolute atomic E-state index is 0.0514. The zero-order valence-electron chi connectivity index (χ0n) is 15.2. The minimum atomic E-state index is -1.62. The molecule has 1 aliphatic heterocycles. The average Bonchev–Trinajstić information content (AvgIpc) is 2.67. The molecule has 0 spiro atoms. The van der Waals surface area contributed by atoms with Crippen molar-refractivity contribution < 1.29 is 33.7 Å². The van der Waals surface area contributed by atoms with Crippen LogP contribution in [0.25, 0.3) is 0 Å². The van der Waals surface area contributed by atoms with Gasteiger partial charge in [0.1, 0.15) is 24.7 Å². The molecule has 0 fully saturated rings. The Morgan fingerprint density at radius 3 is 2.45 bits per heavy atom. The molecule has 0 radical (unpaired) electrons. The molecule has 0 saturated carbocycles. The molecule has 2 N–H and O–H groups in total. The van der Waals surface area contributed by atoms with E-state index in [-0.39, 0.29) is 13.2 Å². The molecule has 29 heavy (non-hydrogen) atoms. The largest absolute Gasteiger partial charge is 0.502 e. The van der Waals surface area contributed by atoms with Gasteiger partial charge in [0, 0.05) is 19.9 Å². The van der Waals surface area contributed by atoms with E-state index in [1.165, 1.54) is 31.4 Å². The smallest absolute Gasteiger partial charge is 0.341 e. The van der Waals surface area contributed by atoms with Crippen LogP contribution in [0.1, 0.15) is 26.4 Å². The summed E-state index contributed by atoms with van der Waals surface area (Å²) in [6.07, 6.45) is 0.806. The Labute approximate surface area is 162 Å². The third-order valence-corrected chi connectivity index (χ3v) is 4.29. The number of ether oxygens (including phenoxy) is 1. The number of aromatic carboxylic acids is 1. The molecular weight excluding hydrogens is 389 g/mol. The molecular formula is C18H16FN3O7. The van der Waals surface area contributed by atoms with Crippen LogP contribution in [0.4, 0.5) is 4.39 Å². The fourth-order valence-corrected chi connectivity index (χ4v) is 2.90. The number of hydrogen-bond acceptors (Lipinski definition) is 6. The lowest BCUT2D eigenvalue weighted by Gasteiger charge is -2.38. The van der Waals surface area contributed by atoms with Crippen LogP contribution in [0.3, 0.4) is 0 Å². The number of aromatic nitrogens is 1. The predicted molar refractivity (Wildman–Crippen MR) is 95.6 cm³/mol. The molecule has 152 valence electrons. The number of carbonyl (C=O) groups is 3. The van der Waals surface area contributed by atoms with Crippen molar-refractivity contribution in [2.45, 2.75) is 6.54 Å². The Hall–Kier alpha value is -3.73. The number of aromatic hydroxyl groups is 1. The molecule has 1 aliphatic rings. The minimum Gasteiger partial charge on any atom is -0.502 e. The van der Waals surface area contributed by atoms with E-state index in [4.69, 9.17) is 4.74 Å². The number of hydrogen-bond donors (Lipinski definition) is 2. The highest BCUT2D eigenvalue weighted by Gasteiger charge is 2.36. The van der Waals surface area contributed by atoms with Gasteiger partial charge in [-0.1, -0.05) is 12.1 Å². The van der Waals surface area contributed by atoms with Crippen molar-refractivity contribution in [3.05, 3.63) is 63.3 Å². The van der Waals surface area contributed by atoms with E-state index in [9.17, 15) is 33.8 Å². The molecule has 0 unspecified atom stereocenters. The van der Waals surface area contributed by atoms with Crippen LogP contribution in [0, 0.1) is 5.82 Å². The van der Waals surface area contributed by atoms with E-state index in [1.807, 2.05) is 0 Å². The number of amides is 2. The van der Waals surface area contributed by atoms with Crippen molar-refractivity contribution in [2.24, 2.45) is 0 Å². The lowest BCUT2D eigenvalue weighted by atomic mass is 10.1. The van der Waals surface area contributed by atoms with E-state index in [2.05, 4.69) is 0 Å². The number of carboxylic acids is 1. The lowest BCUT2D eigenvalue weighted by molar-refractivity contribution is -0.124. The second kappa shape index (κ2) is 7.72. The molecule has 10 nitrogen and oxygen atoms in total. The number of rotatable bonds is 5. The summed E-state index contributed by atoms with van der Waals surface area (Å²) < 4.78 is 18.8. The zero-order valence-corrected chi connectivity index (χ0v) is 15.2. The standard InChI is InChI=1S/C18H16FN3O7/c1-29-8-13(23)22-9-20(6-10-2-4-11(19)5-3-10)17(26)14-16(25)15(24)12(18(27)28)7-21(14)22/h2-5,7,25H,6,8-9H2,1H3,(H,27,28). The molecule has 0 atom stereocenters. The molecule has 0 bridgehead atoms. The van der Waals surface area contributed by atoms with Crippen molar-refractivity contribution in [3.8, 4) is 5.75 Å². The van der Waals surface area contributed by atoms with Crippen LogP contribution in [-0.4, -0.2) is 58.0 Å². The molecule has 2 heterocycles. The van der Waals surface area contributed by atoms with Crippen LogP contribution < -0.4 is 10.4 Å². The Bertz CT molecular complexity index is 1050. The van der Waals surface area contributed by atoms with E-state index in [0.29, 0.717) is 5.56 Å². The first-order chi connectivity index (χ1) is 13.7. The van der Waals surface area contributed by atoms with Gasteiger partial charge in [0.15, 0.2) is 11.4 Å². The van der Waals surface area contributed by atoms with Gasteiger partial charge in [-0.25, -0.2) is 18.9 Å². The van der Waals surface area contributed by atoms with Gasteiger partial charge in [-0.05, 0) is 17.7 Å². The number of halogens is 1.